The minimum Gasteiger partial charge on any atom is -0.404 e. The van der Waals surface area contributed by atoms with Gasteiger partial charge in [0.15, 0.2) is 11.6 Å². The van der Waals surface area contributed by atoms with E-state index < -0.39 is 27.0 Å². The summed E-state index contributed by atoms with van der Waals surface area (Å²) in [6, 6.07) is 4.58. The van der Waals surface area contributed by atoms with Gasteiger partial charge in [-0.15, -0.1) is 13.2 Å². The zero-order valence-electron chi connectivity index (χ0n) is 10.9. The Morgan fingerprint density at radius 3 is 2.55 bits per heavy atom. The molecule has 0 radical (unpaired) electrons. The van der Waals surface area contributed by atoms with Gasteiger partial charge in [-0.3, -0.25) is 9.82 Å². The van der Waals surface area contributed by atoms with Crippen molar-refractivity contribution in [3.63, 3.8) is 0 Å². The van der Waals surface area contributed by atoms with Gasteiger partial charge in [0.1, 0.15) is 4.90 Å². The van der Waals surface area contributed by atoms with Crippen molar-refractivity contribution in [2.75, 3.05) is 4.72 Å². The molecule has 2 rings (SSSR count). The number of aromatic nitrogens is 2. The number of rotatable bonds is 4. The molecule has 1 aromatic heterocycles. The first-order valence-corrected chi connectivity index (χ1v) is 7.94. The van der Waals surface area contributed by atoms with Crippen molar-refractivity contribution in [3.8, 4) is 5.75 Å². The second-order valence-electron chi connectivity index (χ2n) is 4.18. The number of halogens is 4. The first-order valence-electron chi connectivity index (χ1n) is 5.67. The zero-order chi connectivity index (χ0) is 16.5. The van der Waals surface area contributed by atoms with E-state index in [-0.39, 0.29) is 10.3 Å². The molecule has 6 nitrogen and oxygen atoms in total. The van der Waals surface area contributed by atoms with Crippen LogP contribution in [0.2, 0.25) is 0 Å². The van der Waals surface area contributed by atoms with Crippen molar-refractivity contribution < 1.29 is 26.3 Å². The lowest BCUT2D eigenvalue weighted by molar-refractivity contribution is -0.275. The summed E-state index contributed by atoms with van der Waals surface area (Å²) in [6.07, 6.45) is -5.02. The molecule has 2 aromatic rings. The Labute approximate surface area is 131 Å². The number of aryl methyl sites for hydroxylation is 1. The maximum absolute atomic E-state index is 12.4. The van der Waals surface area contributed by atoms with Crippen LogP contribution in [0.15, 0.2) is 33.6 Å². The Morgan fingerprint density at radius 2 is 2.00 bits per heavy atom. The first-order chi connectivity index (χ1) is 10.1. The Kier molecular flexibility index (Phi) is 4.38. The van der Waals surface area contributed by atoms with Crippen LogP contribution in [0.3, 0.4) is 0 Å². The monoisotopic (exact) mass is 399 g/mol. The Bertz CT molecular complexity index is 789. The molecular weight excluding hydrogens is 391 g/mol. The molecule has 120 valence electrons. The number of sulfonamides is 1. The third-order valence-electron chi connectivity index (χ3n) is 2.37. The van der Waals surface area contributed by atoms with Crippen LogP contribution in [0, 0.1) is 6.92 Å². The van der Waals surface area contributed by atoms with Gasteiger partial charge in [-0.2, -0.15) is 5.10 Å². The summed E-state index contributed by atoms with van der Waals surface area (Å²) in [5.41, 5.74) is 0.584. The summed E-state index contributed by atoms with van der Waals surface area (Å²) in [4.78, 5) is -0.659. The van der Waals surface area contributed by atoms with Crippen LogP contribution in [-0.2, 0) is 10.0 Å². The van der Waals surface area contributed by atoms with Crippen LogP contribution < -0.4 is 9.46 Å². The highest BCUT2D eigenvalue weighted by molar-refractivity contribution is 9.10. The lowest BCUT2D eigenvalue weighted by Gasteiger charge is -2.14. The van der Waals surface area contributed by atoms with E-state index in [0.717, 1.165) is 12.1 Å². The fourth-order valence-corrected chi connectivity index (χ4v) is 3.01. The SMILES string of the molecule is Cc1cc(NS(=O)(=O)c2ccc(Br)cc2OC(F)(F)F)n[nH]1. The van der Waals surface area contributed by atoms with E-state index in [9.17, 15) is 21.6 Å². The Hall–Kier alpha value is -1.75. The molecule has 2 N–H and O–H groups in total. The molecule has 0 saturated carbocycles. The van der Waals surface area contributed by atoms with E-state index in [4.69, 9.17) is 0 Å². The van der Waals surface area contributed by atoms with Gasteiger partial charge in [0.2, 0.25) is 0 Å². The molecule has 0 saturated heterocycles. The van der Waals surface area contributed by atoms with E-state index in [1.54, 1.807) is 6.92 Å². The molecule has 1 heterocycles. The van der Waals surface area contributed by atoms with E-state index >= 15 is 0 Å². The lowest BCUT2D eigenvalue weighted by Crippen LogP contribution is -2.21. The largest absolute Gasteiger partial charge is 0.573 e. The number of aromatic amines is 1. The molecule has 0 aliphatic rings. The predicted octanol–water partition coefficient (Wildman–Crippen LogP) is 3.18. The molecule has 0 aliphatic carbocycles. The highest BCUT2D eigenvalue weighted by atomic mass is 79.9. The number of hydrogen-bond acceptors (Lipinski definition) is 4. The van der Waals surface area contributed by atoms with Gasteiger partial charge in [0, 0.05) is 16.2 Å². The minimum atomic E-state index is -5.02. The van der Waals surface area contributed by atoms with Crippen molar-refractivity contribution in [1.82, 2.24) is 10.2 Å². The Balaban J connectivity index is 2.41. The summed E-state index contributed by atoms with van der Waals surface area (Å²) in [5, 5.41) is 6.17. The number of alkyl halides is 3. The number of ether oxygens (including phenoxy) is 1. The molecule has 1 aromatic carbocycles. The van der Waals surface area contributed by atoms with Crippen LogP contribution in [0.4, 0.5) is 19.0 Å². The number of H-pyrrole nitrogens is 1. The van der Waals surface area contributed by atoms with Crippen molar-refractivity contribution in [3.05, 3.63) is 34.4 Å². The molecule has 22 heavy (non-hydrogen) atoms. The molecule has 0 amide bonds. The third kappa shape index (κ3) is 4.13. The van der Waals surface area contributed by atoms with E-state index in [1.807, 2.05) is 0 Å². The fourth-order valence-electron chi connectivity index (χ4n) is 1.57. The van der Waals surface area contributed by atoms with Crippen molar-refractivity contribution >= 4 is 31.8 Å². The zero-order valence-corrected chi connectivity index (χ0v) is 13.3. The second-order valence-corrected chi connectivity index (χ2v) is 6.75. The molecule has 0 bridgehead atoms. The van der Waals surface area contributed by atoms with Crippen molar-refractivity contribution in [2.24, 2.45) is 0 Å². The number of anilines is 1. The molecule has 0 fully saturated rings. The van der Waals surface area contributed by atoms with Gasteiger partial charge in [-0.25, -0.2) is 8.42 Å². The summed E-state index contributed by atoms with van der Waals surface area (Å²) in [7, 11) is -4.30. The molecule has 0 spiro atoms. The fraction of sp³-hybridized carbons (Fsp3) is 0.182. The summed E-state index contributed by atoms with van der Waals surface area (Å²) in [6.45, 7) is 1.64. The quantitative estimate of drug-likeness (QED) is 0.826. The van der Waals surface area contributed by atoms with Gasteiger partial charge >= 0.3 is 6.36 Å². The van der Waals surface area contributed by atoms with Crippen LogP contribution in [0.5, 0.6) is 5.75 Å². The topological polar surface area (TPSA) is 84.1 Å². The number of hydrogen-bond donors (Lipinski definition) is 2. The van der Waals surface area contributed by atoms with Crippen LogP contribution in [-0.4, -0.2) is 25.0 Å². The molecule has 11 heteroatoms. The molecule has 0 unspecified atom stereocenters. The van der Waals surface area contributed by atoms with Crippen molar-refractivity contribution in [2.45, 2.75) is 18.2 Å². The van der Waals surface area contributed by atoms with Gasteiger partial charge in [-0.1, -0.05) is 15.9 Å². The average Bonchev–Trinajstić information content (AvgIpc) is 2.71. The summed E-state index contributed by atoms with van der Waals surface area (Å²) < 4.78 is 67.7. The van der Waals surface area contributed by atoms with Crippen molar-refractivity contribution in [1.29, 1.82) is 0 Å². The standard InChI is InChI=1S/C11H9BrF3N3O3S/c1-6-4-10(17-16-6)18-22(19,20)9-3-2-7(12)5-8(9)21-11(13,14)15/h2-5H,1H3,(H2,16,17,18). The Morgan fingerprint density at radius 1 is 1.32 bits per heavy atom. The van der Waals surface area contributed by atoms with Crippen LogP contribution in [0.25, 0.3) is 0 Å². The number of nitrogens with one attached hydrogen (secondary N) is 2. The van der Waals surface area contributed by atoms with E-state index in [0.29, 0.717) is 5.69 Å². The van der Waals surface area contributed by atoms with E-state index in [1.165, 1.54) is 12.1 Å². The normalized spacial score (nSPS) is 12.2. The maximum Gasteiger partial charge on any atom is 0.573 e. The second kappa shape index (κ2) is 5.80. The van der Waals surface area contributed by atoms with Crippen LogP contribution in [0.1, 0.15) is 5.69 Å². The van der Waals surface area contributed by atoms with Gasteiger partial charge in [0.05, 0.1) is 0 Å². The van der Waals surface area contributed by atoms with Gasteiger partial charge in [-0.05, 0) is 25.1 Å². The molecule has 0 atom stereocenters. The van der Waals surface area contributed by atoms with Gasteiger partial charge < -0.3 is 4.74 Å². The van der Waals surface area contributed by atoms with Gasteiger partial charge in [0.25, 0.3) is 10.0 Å². The lowest BCUT2D eigenvalue weighted by atomic mass is 10.3. The van der Waals surface area contributed by atoms with Crippen LogP contribution >= 0.6 is 15.9 Å². The highest BCUT2D eigenvalue weighted by Gasteiger charge is 2.34. The minimum absolute atomic E-state index is 0.0432. The highest BCUT2D eigenvalue weighted by Crippen LogP contribution is 2.33. The average molecular weight is 400 g/mol. The number of nitrogens with zero attached hydrogens (tertiary/aromatic N) is 1. The smallest absolute Gasteiger partial charge is 0.404 e. The van der Waals surface area contributed by atoms with E-state index in [2.05, 4.69) is 35.6 Å². The third-order valence-corrected chi connectivity index (χ3v) is 4.25. The molecule has 0 aliphatic heterocycles. The molecular formula is C11H9BrF3N3O3S. The number of benzene rings is 1. The first kappa shape index (κ1) is 16.6. The summed E-state index contributed by atoms with van der Waals surface area (Å²) >= 11 is 2.96. The predicted molar refractivity (Wildman–Crippen MR) is 75.0 cm³/mol. The summed E-state index contributed by atoms with van der Waals surface area (Å²) in [5.74, 6) is -0.889. The maximum atomic E-state index is 12.4.